The molecule has 0 bridgehead atoms. The SMILES string of the molecule is CCCCCCCCCCCCCCCCC(O)CC(CCCCC)S(=O)(=O)[O-].[K+]. The van der Waals surface area contributed by atoms with Gasteiger partial charge in [-0.15, -0.1) is 0 Å². The van der Waals surface area contributed by atoms with E-state index in [-0.39, 0.29) is 57.8 Å². The maximum atomic E-state index is 11.4. The van der Waals surface area contributed by atoms with Gasteiger partial charge >= 0.3 is 51.4 Å². The summed E-state index contributed by atoms with van der Waals surface area (Å²) in [5.41, 5.74) is 0. The Morgan fingerprint density at radius 1 is 0.633 bits per heavy atom. The number of aliphatic hydroxyl groups is 1. The van der Waals surface area contributed by atoms with Crippen LogP contribution in [0.2, 0.25) is 0 Å². The van der Waals surface area contributed by atoms with Gasteiger partial charge in [0.15, 0.2) is 0 Å². The summed E-state index contributed by atoms with van der Waals surface area (Å²) in [5.74, 6) is 0. The first-order chi connectivity index (χ1) is 13.9. The molecule has 6 heteroatoms. The fraction of sp³-hybridized carbons (Fsp3) is 1.00. The molecule has 0 spiro atoms. The zero-order valence-electron chi connectivity index (χ0n) is 20.4. The Balaban J connectivity index is 0. The molecule has 0 aromatic heterocycles. The number of rotatable bonds is 22. The Labute approximate surface area is 230 Å². The summed E-state index contributed by atoms with van der Waals surface area (Å²) in [7, 11) is -4.31. The smallest absolute Gasteiger partial charge is 0.748 e. The fourth-order valence-corrected chi connectivity index (χ4v) is 4.91. The first-order valence-electron chi connectivity index (χ1n) is 12.5. The quantitative estimate of drug-likeness (QED) is 0.146. The summed E-state index contributed by atoms with van der Waals surface area (Å²) in [6.07, 6.45) is 21.2. The van der Waals surface area contributed by atoms with Crippen molar-refractivity contribution >= 4 is 10.1 Å². The van der Waals surface area contributed by atoms with Crippen molar-refractivity contribution in [2.45, 2.75) is 154 Å². The molecule has 30 heavy (non-hydrogen) atoms. The molecule has 2 unspecified atom stereocenters. The summed E-state index contributed by atoms with van der Waals surface area (Å²) < 4.78 is 34.2. The molecular formula is C24H49KO4S. The van der Waals surface area contributed by atoms with Crippen molar-refractivity contribution in [3.8, 4) is 0 Å². The van der Waals surface area contributed by atoms with Crippen molar-refractivity contribution in [3.63, 3.8) is 0 Å². The van der Waals surface area contributed by atoms with E-state index in [1.165, 1.54) is 77.0 Å². The van der Waals surface area contributed by atoms with Crippen LogP contribution in [0.3, 0.4) is 0 Å². The van der Waals surface area contributed by atoms with E-state index in [9.17, 15) is 18.1 Å². The minimum atomic E-state index is -4.31. The van der Waals surface area contributed by atoms with Crippen molar-refractivity contribution in [3.05, 3.63) is 0 Å². The molecule has 0 radical (unpaired) electrons. The maximum Gasteiger partial charge on any atom is 1.00 e. The Hall–Kier alpha value is 1.51. The van der Waals surface area contributed by atoms with E-state index in [4.69, 9.17) is 0 Å². The minimum Gasteiger partial charge on any atom is -0.748 e. The second-order valence-electron chi connectivity index (χ2n) is 8.88. The van der Waals surface area contributed by atoms with Gasteiger partial charge in [0.25, 0.3) is 0 Å². The molecule has 0 rings (SSSR count). The molecule has 4 nitrogen and oxygen atoms in total. The van der Waals surface area contributed by atoms with Crippen LogP contribution >= 0.6 is 0 Å². The summed E-state index contributed by atoms with van der Waals surface area (Å²) in [4.78, 5) is 0. The molecule has 0 aromatic carbocycles. The third-order valence-electron chi connectivity index (χ3n) is 5.96. The minimum absolute atomic E-state index is 0. The molecule has 0 aliphatic carbocycles. The molecule has 176 valence electrons. The Bertz CT molecular complexity index is 442. The Morgan fingerprint density at radius 3 is 1.37 bits per heavy atom. The van der Waals surface area contributed by atoms with E-state index in [1.807, 2.05) is 6.92 Å². The molecule has 0 aromatic rings. The second-order valence-corrected chi connectivity index (χ2v) is 10.5. The van der Waals surface area contributed by atoms with Crippen molar-refractivity contribution < 1.29 is 69.5 Å². The van der Waals surface area contributed by atoms with Crippen molar-refractivity contribution in [1.82, 2.24) is 0 Å². The molecule has 0 fully saturated rings. The normalized spacial score (nSPS) is 13.7. The van der Waals surface area contributed by atoms with Crippen LogP contribution in [0.25, 0.3) is 0 Å². The molecule has 0 heterocycles. The molecule has 0 aliphatic rings. The molecule has 2 atom stereocenters. The van der Waals surface area contributed by atoms with Crippen LogP contribution in [0.5, 0.6) is 0 Å². The van der Waals surface area contributed by atoms with Gasteiger partial charge in [0, 0.05) is 0 Å². The molecule has 1 N–H and O–H groups in total. The molecule has 0 aliphatic heterocycles. The van der Waals surface area contributed by atoms with Gasteiger partial charge in [-0.1, -0.05) is 123 Å². The maximum absolute atomic E-state index is 11.4. The number of unbranched alkanes of at least 4 members (excludes halogenated alkanes) is 15. The summed E-state index contributed by atoms with van der Waals surface area (Å²) >= 11 is 0. The van der Waals surface area contributed by atoms with Crippen molar-refractivity contribution in [2.75, 3.05) is 0 Å². The average molecular weight is 473 g/mol. The third kappa shape index (κ3) is 22.7. The van der Waals surface area contributed by atoms with Gasteiger partial charge in [-0.25, -0.2) is 8.42 Å². The molecular weight excluding hydrogens is 423 g/mol. The van der Waals surface area contributed by atoms with Crippen LogP contribution < -0.4 is 51.4 Å². The van der Waals surface area contributed by atoms with Gasteiger partial charge < -0.3 is 9.66 Å². The summed E-state index contributed by atoms with van der Waals surface area (Å²) in [5, 5.41) is 9.21. The standard InChI is InChI=1S/C24H50O4S.K/c1-3-5-7-8-9-10-11-12-13-14-15-16-17-19-20-23(25)22-24(29(26,27)28)21-18-6-4-2;/h23-25H,3-22H2,1-2H3,(H,26,27,28);/q;+1/p-1. The van der Waals surface area contributed by atoms with Gasteiger partial charge in [0.05, 0.1) is 21.5 Å². The monoisotopic (exact) mass is 472 g/mol. The van der Waals surface area contributed by atoms with E-state index < -0.39 is 21.5 Å². The zero-order valence-corrected chi connectivity index (χ0v) is 24.3. The Kier molecular flexibility index (Phi) is 26.6. The van der Waals surface area contributed by atoms with Crippen LogP contribution in [0.1, 0.15) is 142 Å². The predicted molar refractivity (Wildman–Crippen MR) is 123 cm³/mol. The van der Waals surface area contributed by atoms with E-state index in [0.29, 0.717) is 12.8 Å². The number of aliphatic hydroxyl groups excluding tert-OH is 1. The summed E-state index contributed by atoms with van der Waals surface area (Å²) in [6, 6.07) is 0. The number of hydrogen-bond acceptors (Lipinski definition) is 4. The van der Waals surface area contributed by atoms with E-state index >= 15 is 0 Å². The second kappa shape index (κ2) is 23.7. The summed E-state index contributed by atoms with van der Waals surface area (Å²) in [6.45, 7) is 4.31. The molecule has 0 amide bonds. The van der Waals surface area contributed by atoms with Crippen LogP contribution in [0.4, 0.5) is 0 Å². The topological polar surface area (TPSA) is 77.4 Å². The molecule has 0 saturated carbocycles. The van der Waals surface area contributed by atoms with Crippen molar-refractivity contribution in [2.24, 2.45) is 0 Å². The van der Waals surface area contributed by atoms with Gasteiger partial charge in [0.2, 0.25) is 0 Å². The predicted octanol–water partition coefficient (Wildman–Crippen LogP) is 4.11. The third-order valence-corrected chi connectivity index (χ3v) is 7.21. The largest absolute Gasteiger partial charge is 1.00 e. The number of hydrogen-bond donors (Lipinski definition) is 1. The molecule has 0 saturated heterocycles. The van der Waals surface area contributed by atoms with Gasteiger partial charge in [-0.3, -0.25) is 0 Å². The van der Waals surface area contributed by atoms with E-state index in [0.717, 1.165) is 32.1 Å². The van der Waals surface area contributed by atoms with Gasteiger partial charge in [0.1, 0.15) is 0 Å². The van der Waals surface area contributed by atoms with Gasteiger partial charge in [-0.05, 0) is 19.3 Å². The fourth-order valence-electron chi connectivity index (χ4n) is 4.00. The van der Waals surface area contributed by atoms with Crippen LogP contribution in [-0.4, -0.2) is 29.4 Å². The van der Waals surface area contributed by atoms with Crippen LogP contribution in [-0.2, 0) is 10.1 Å². The first-order valence-corrected chi connectivity index (χ1v) is 14.0. The van der Waals surface area contributed by atoms with Crippen LogP contribution in [0.15, 0.2) is 0 Å². The zero-order chi connectivity index (χ0) is 21.8. The average Bonchev–Trinajstić information content (AvgIpc) is 2.67. The van der Waals surface area contributed by atoms with Crippen LogP contribution in [0, 0.1) is 0 Å². The van der Waals surface area contributed by atoms with E-state index in [1.54, 1.807) is 0 Å². The van der Waals surface area contributed by atoms with Gasteiger partial charge in [-0.2, -0.15) is 0 Å². The van der Waals surface area contributed by atoms with Crippen molar-refractivity contribution in [1.29, 1.82) is 0 Å². The Morgan fingerprint density at radius 2 is 0.967 bits per heavy atom. The van der Waals surface area contributed by atoms with E-state index in [2.05, 4.69) is 6.92 Å². The first kappa shape index (κ1) is 33.7.